The maximum atomic E-state index is 10.0. The molecule has 4 aliphatic carbocycles. The molecule has 19 heavy (non-hydrogen) atoms. The van der Waals surface area contributed by atoms with Crippen molar-refractivity contribution in [3.8, 4) is 0 Å². The molecule has 4 rings (SSSR count). The zero-order valence-corrected chi connectivity index (χ0v) is 12.3. The van der Waals surface area contributed by atoms with Crippen LogP contribution in [0.5, 0.6) is 0 Å². The highest BCUT2D eigenvalue weighted by molar-refractivity contribution is 5.16. The second-order valence-corrected chi connectivity index (χ2v) is 8.13. The predicted octanol–water partition coefficient (Wildman–Crippen LogP) is 2.68. The Morgan fingerprint density at radius 1 is 1.16 bits per heavy atom. The molecule has 4 saturated carbocycles. The van der Waals surface area contributed by atoms with Crippen LogP contribution in [-0.4, -0.2) is 22.9 Å². The molecule has 0 aliphatic heterocycles. The summed E-state index contributed by atoms with van der Waals surface area (Å²) < 4.78 is 0. The van der Waals surface area contributed by atoms with E-state index >= 15 is 0 Å². The van der Waals surface area contributed by atoms with E-state index in [0.717, 1.165) is 41.9 Å². The number of aliphatic hydroxyl groups excluding tert-OH is 2. The summed E-state index contributed by atoms with van der Waals surface area (Å²) in [4.78, 5) is 0. The van der Waals surface area contributed by atoms with Gasteiger partial charge in [0, 0.05) is 6.61 Å². The van der Waals surface area contributed by atoms with Crippen LogP contribution in [0.3, 0.4) is 0 Å². The number of aliphatic hydroxyl groups is 2. The molecule has 108 valence electrons. The highest BCUT2D eigenvalue weighted by Crippen LogP contribution is 2.73. The first-order valence-corrected chi connectivity index (χ1v) is 8.40. The lowest BCUT2D eigenvalue weighted by Gasteiger charge is -2.47. The van der Waals surface area contributed by atoms with Gasteiger partial charge in [0.25, 0.3) is 0 Å². The van der Waals surface area contributed by atoms with Gasteiger partial charge in [-0.1, -0.05) is 6.92 Å². The molecule has 0 radical (unpaired) electrons. The highest BCUT2D eigenvalue weighted by atomic mass is 16.3. The first kappa shape index (κ1) is 12.6. The smallest absolute Gasteiger partial charge is 0.0543 e. The molecule has 0 aromatic rings. The average molecular weight is 264 g/mol. The van der Waals surface area contributed by atoms with E-state index in [-0.39, 0.29) is 11.5 Å². The fourth-order valence-electron chi connectivity index (χ4n) is 7.21. The lowest BCUT2D eigenvalue weighted by atomic mass is 9.58. The van der Waals surface area contributed by atoms with Crippen LogP contribution in [0.1, 0.15) is 46.0 Å². The van der Waals surface area contributed by atoms with E-state index in [0.29, 0.717) is 12.5 Å². The standard InChI is InChI=1S/C17H28O2/c1-3-17(8-18)7-11-6-14(17)16-10-4-12(9(2)19)13(5-10)15(11)16/h9-16,18-19H,3-8H2,1-2H3. The minimum absolute atomic E-state index is 0.108. The van der Waals surface area contributed by atoms with Crippen molar-refractivity contribution in [2.75, 3.05) is 6.61 Å². The molecule has 0 amide bonds. The SMILES string of the molecule is CCC1(CO)CC2CC1C1C3CC(C(C)O)C(C3)C21. The first-order chi connectivity index (χ1) is 9.11. The molecule has 4 fully saturated rings. The van der Waals surface area contributed by atoms with Gasteiger partial charge >= 0.3 is 0 Å². The van der Waals surface area contributed by atoms with Gasteiger partial charge < -0.3 is 10.2 Å². The molecule has 4 aliphatic rings. The molecular formula is C17H28O2. The van der Waals surface area contributed by atoms with Crippen LogP contribution >= 0.6 is 0 Å². The topological polar surface area (TPSA) is 40.5 Å². The Morgan fingerprint density at radius 3 is 2.58 bits per heavy atom. The third kappa shape index (κ3) is 1.40. The van der Waals surface area contributed by atoms with Crippen molar-refractivity contribution in [1.29, 1.82) is 0 Å². The van der Waals surface area contributed by atoms with E-state index in [1.165, 1.54) is 25.7 Å². The summed E-state index contributed by atoms with van der Waals surface area (Å²) in [6.07, 6.45) is 6.33. The molecule has 0 aromatic heterocycles. The highest BCUT2D eigenvalue weighted by Gasteiger charge is 2.68. The van der Waals surface area contributed by atoms with Gasteiger partial charge in [-0.25, -0.2) is 0 Å². The van der Waals surface area contributed by atoms with Crippen LogP contribution in [0.15, 0.2) is 0 Å². The average Bonchev–Trinajstić information content (AvgIpc) is 3.13. The third-order valence-electron chi connectivity index (χ3n) is 7.84. The van der Waals surface area contributed by atoms with Crippen molar-refractivity contribution >= 4 is 0 Å². The van der Waals surface area contributed by atoms with Crippen LogP contribution in [0, 0.1) is 46.8 Å². The van der Waals surface area contributed by atoms with Crippen molar-refractivity contribution in [2.45, 2.75) is 52.1 Å². The number of hydrogen-bond acceptors (Lipinski definition) is 2. The fourth-order valence-corrected chi connectivity index (χ4v) is 7.21. The van der Waals surface area contributed by atoms with Crippen molar-refractivity contribution in [3.05, 3.63) is 0 Å². The third-order valence-corrected chi connectivity index (χ3v) is 7.84. The van der Waals surface area contributed by atoms with Crippen molar-refractivity contribution in [1.82, 2.24) is 0 Å². The maximum Gasteiger partial charge on any atom is 0.0543 e. The quantitative estimate of drug-likeness (QED) is 0.769. The van der Waals surface area contributed by atoms with Gasteiger partial charge in [-0.2, -0.15) is 0 Å². The maximum absolute atomic E-state index is 10.0. The van der Waals surface area contributed by atoms with E-state index in [4.69, 9.17) is 0 Å². The van der Waals surface area contributed by atoms with Gasteiger partial charge in [-0.3, -0.25) is 0 Å². The van der Waals surface area contributed by atoms with Gasteiger partial charge in [-0.15, -0.1) is 0 Å². The monoisotopic (exact) mass is 264 g/mol. The van der Waals surface area contributed by atoms with Crippen molar-refractivity contribution in [3.63, 3.8) is 0 Å². The largest absolute Gasteiger partial charge is 0.396 e. The zero-order chi connectivity index (χ0) is 13.4. The summed E-state index contributed by atoms with van der Waals surface area (Å²) in [5, 5.41) is 19.9. The Hall–Kier alpha value is -0.0800. The zero-order valence-electron chi connectivity index (χ0n) is 12.3. The van der Waals surface area contributed by atoms with Gasteiger partial charge in [0.15, 0.2) is 0 Å². The fraction of sp³-hybridized carbons (Fsp3) is 1.00. The molecule has 4 bridgehead atoms. The van der Waals surface area contributed by atoms with E-state index in [9.17, 15) is 10.2 Å². The van der Waals surface area contributed by atoms with Gasteiger partial charge in [-0.05, 0) is 85.9 Å². The van der Waals surface area contributed by atoms with Crippen molar-refractivity contribution < 1.29 is 10.2 Å². The molecule has 0 heterocycles. The molecular weight excluding hydrogens is 236 g/mol. The summed E-state index contributed by atoms with van der Waals surface area (Å²) in [5.74, 6) is 5.69. The second kappa shape index (κ2) is 3.98. The van der Waals surface area contributed by atoms with Crippen molar-refractivity contribution in [2.24, 2.45) is 46.8 Å². The van der Waals surface area contributed by atoms with Gasteiger partial charge in [0.05, 0.1) is 6.10 Å². The summed E-state index contributed by atoms with van der Waals surface area (Å²) in [6, 6.07) is 0. The number of hydrogen-bond donors (Lipinski definition) is 2. The van der Waals surface area contributed by atoms with Gasteiger partial charge in [0.2, 0.25) is 0 Å². The van der Waals surface area contributed by atoms with E-state index < -0.39 is 0 Å². The van der Waals surface area contributed by atoms with Crippen LogP contribution in [-0.2, 0) is 0 Å². The Labute approximate surface area is 116 Å². The minimum atomic E-state index is -0.108. The molecule has 2 nitrogen and oxygen atoms in total. The Balaban J connectivity index is 1.63. The Morgan fingerprint density at radius 2 is 1.95 bits per heavy atom. The van der Waals surface area contributed by atoms with E-state index in [1.807, 2.05) is 6.92 Å². The second-order valence-electron chi connectivity index (χ2n) is 8.13. The molecule has 0 aromatic carbocycles. The molecule has 9 atom stereocenters. The first-order valence-electron chi connectivity index (χ1n) is 8.40. The van der Waals surface area contributed by atoms with Crippen LogP contribution in [0.4, 0.5) is 0 Å². The number of rotatable bonds is 3. The van der Waals surface area contributed by atoms with Crippen LogP contribution in [0.2, 0.25) is 0 Å². The molecule has 0 spiro atoms. The lowest BCUT2D eigenvalue weighted by molar-refractivity contribution is -0.0360. The summed E-state index contributed by atoms with van der Waals surface area (Å²) >= 11 is 0. The normalized spacial score (nSPS) is 59.7. The van der Waals surface area contributed by atoms with E-state index in [2.05, 4.69) is 6.92 Å². The lowest BCUT2D eigenvalue weighted by Crippen LogP contribution is -2.44. The van der Waals surface area contributed by atoms with E-state index in [1.54, 1.807) is 0 Å². The van der Waals surface area contributed by atoms with Crippen LogP contribution < -0.4 is 0 Å². The van der Waals surface area contributed by atoms with Crippen LogP contribution in [0.25, 0.3) is 0 Å². The Kier molecular flexibility index (Phi) is 2.65. The summed E-state index contributed by atoms with van der Waals surface area (Å²) in [5.41, 5.74) is 0.261. The predicted molar refractivity (Wildman–Crippen MR) is 74.4 cm³/mol. The molecule has 9 unspecified atom stereocenters. The molecule has 0 saturated heterocycles. The summed E-state index contributed by atoms with van der Waals surface area (Å²) in [6.45, 7) is 4.68. The summed E-state index contributed by atoms with van der Waals surface area (Å²) in [7, 11) is 0. The Bertz CT molecular complexity index is 373. The molecule has 2 heteroatoms. The number of fused-ring (bicyclic) bond motifs is 9. The minimum Gasteiger partial charge on any atom is -0.396 e. The molecule has 2 N–H and O–H groups in total. The van der Waals surface area contributed by atoms with Gasteiger partial charge in [0.1, 0.15) is 0 Å².